The lowest BCUT2D eigenvalue weighted by molar-refractivity contribution is -0.384. The van der Waals surface area contributed by atoms with Gasteiger partial charge in [0.15, 0.2) is 5.75 Å². The number of H-pyrrole nitrogens is 1. The van der Waals surface area contributed by atoms with E-state index >= 15 is 0 Å². The Kier molecular flexibility index (Phi) is 13.1. The first-order valence-corrected chi connectivity index (χ1v) is 23.4. The number of aromatic amines is 1. The largest absolute Gasteiger partial charge is 0.453 e. The molecule has 16 heteroatoms. The normalized spacial score (nSPS) is 19.5. The first kappa shape index (κ1) is 44.1. The number of nitro groups is 1. The molecule has 3 aromatic carbocycles. The van der Waals surface area contributed by atoms with Gasteiger partial charge in [-0.25, -0.2) is 18.1 Å². The highest BCUT2D eigenvalue weighted by molar-refractivity contribution is 7.90. The van der Waals surface area contributed by atoms with Gasteiger partial charge in [-0.05, 0) is 116 Å². The van der Waals surface area contributed by atoms with Gasteiger partial charge >= 0.3 is 0 Å². The van der Waals surface area contributed by atoms with Crippen molar-refractivity contribution in [1.82, 2.24) is 19.6 Å². The van der Waals surface area contributed by atoms with Gasteiger partial charge in [-0.3, -0.25) is 19.8 Å². The summed E-state index contributed by atoms with van der Waals surface area (Å²) in [5.74, 6) is -0.115. The Hall–Kier alpha value is -5.48. The molecule has 1 amide bonds. The van der Waals surface area contributed by atoms with Gasteiger partial charge in [0.25, 0.3) is 21.6 Å². The van der Waals surface area contributed by atoms with E-state index in [0.29, 0.717) is 42.6 Å². The highest BCUT2D eigenvalue weighted by Crippen LogP contribution is 2.44. The second-order valence-electron chi connectivity index (χ2n) is 17.7. The number of hydrogen-bond acceptors (Lipinski definition) is 11. The molecule has 3 N–H and O–H groups in total. The van der Waals surface area contributed by atoms with Crippen LogP contribution in [0, 0.1) is 21.4 Å². The fraction of sp³-hybridized carbons (Fsp3) is 0.404. The number of rotatable bonds is 14. The molecule has 0 spiro atoms. The van der Waals surface area contributed by atoms with Crippen LogP contribution in [0.5, 0.6) is 11.5 Å². The van der Waals surface area contributed by atoms with Crippen LogP contribution in [0.25, 0.3) is 16.6 Å². The molecule has 0 radical (unpaired) electrons. The van der Waals surface area contributed by atoms with Crippen molar-refractivity contribution in [2.45, 2.75) is 69.8 Å². The van der Waals surface area contributed by atoms with E-state index in [1.54, 1.807) is 31.6 Å². The van der Waals surface area contributed by atoms with Gasteiger partial charge in [0.2, 0.25) is 0 Å². The maximum Gasteiger partial charge on any atom is 0.293 e. The van der Waals surface area contributed by atoms with Crippen molar-refractivity contribution in [2.24, 2.45) is 11.3 Å². The number of benzene rings is 3. The second-order valence-corrected chi connectivity index (χ2v) is 19.8. The number of para-hydroxylation sites is 1. The molecular formula is C47H54ClN7O7S. The number of carbonyl (C=O) groups is 1. The van der Waals surface area contributed by atoms with Gasteiger partial charge in [-0.15, -0.1) is 0 Å². The topological polar surface area (TPSA) is 172 Å². The number of allylic oxidation sites excluding steroid dienone is 1. The summed E-state index contributed by atoms with van der Waals surface area (Å²) in [6.07, 6.45) is 10.3. The van der Waals surface area contributed by atoms with Crippen molar-refractivity contribution >= 4 is 61.2 Å². The third-order valence-corrected chi connectivity index (χ3v) is 14.3. The molecule has 3 aliphatic rings. The summed E-state index contributed by atoms with van der Waals surface area (Å²) in [5, 5.41) is 16.9. The van der Waals surface area contributed by atoms with Gasteiger partial charge in [-0.2, -0.15) is 0 Å². The quantitative estimate of drug-likeness (QED) is 0.0716. The summed E-state index contributed by atoms with van der Waals surface area (Å²) < 4.78 is 41.8. The van der Waals surface area contributed by atoms with Gasteiger partial charge < -0.3 is 24.7 Å². The predicted molar refractivity (Wildman–Crippen MR) is 246 cm³/mol. The van der Waals surface area contributed by atoms with Crippen LogP contribution in [0.3, 0.4) is 0 Å². The molecule has 2 aromatic heterocycles. The molecule has 1 aliphatic heterocycles. The molecule has 0 unspecified atom stereocenters. The summed E-state index contributed by atoms with van der Waals surface area (Å²) in [6, 6.07) is 20.5. The number of hydrogen-bond donors (Lipinski definition) is 3. The minimum Gasteiger partial charge on any atom is -0.453 e. The van der Waals surface area contributed by atoms with Crippen molar-refractivity contribution in [3.05, 3.63) is 117 Å². The Bertz CT molecular complexity index is 2620. The number of aromatic nitrogens is 2. The molecule has 1 saturated heterocycles. The molecule has 2 aliphatic carbocycles. The maximum absolute atomic E-state index is 14.2. The van der Waals surface area contributed by atoms with E-state index in [9.17, 15) is 23.3 Å². The van der Waals surface area contributed by atoms with Gasteiger partial charge in [0, 0.05) is 69.1 Å². The molecule has 63 heavy (non-hydrogen) atoms. The molecular weight excluding hydrogens is 842 g/mol. The zero-order valence-corrected chi connectivity index (χ0v) is 37.4. The summed E-state index contributed by atoms with van der Waals surface area (Å²) >= 11 is 6.26. The van der Waals surface area contributed by atoms with Crippen LogP contribution < -0.4 is 19.7 Å². The average molecular weight is 897 g/mol. The number of pyridine rings is 1. The first-order chi connectivity index (χ1) is 30.2. The number of piperazine rings is 1. The average Bonchev–Trinajstić information content (AvgIpc) is 3.75. The third-order valence-electron chi connectivity index (χ3n) is 12.8. The van der Waals surface area contributed by atoms with E-state index < -0.39 is 31.4 Å². The number of nitro benzene ring substituents is 1. The molecule has 0 atom stereocenters. The molecule has 0 bridgehead atoms. The lowest BCUT2D eigenvalue weighted by Crippen LogP contribution is -2.47. The molecule has 5 aromatic rings. The van der Waals surface area contributed by atoms with Crippen LogP contribution in [0.4, 0.5) is 17.1 Å². The number of methoxy groups -OCH3 is 1. The molecule has 332 valence electrons. The van der Waals surface area contributed by atoms with Crippen LogP contribution in [0.2, 0.25) is 5.02 Å². The molecule has 14 nitrogen and oxygen atoms in total. The van der Waals surface area contributed by atoms with Crippen molar-refractivity contribution in [3.63, 3.8) is 0 Å². The fourth-order valence-corrected chi connectivity index (χ4v) is 10.2. The highest BCUT2D eigenvalue weighted by Gasteiger charge is 2.32. The lowest BCUT2D eigenvalue weighted by atomic mass is 9.72. The molecule has 1 saturated carbocycles. The van der Waals surface area contributed by atoms with E-state index in [1.165, 1.54) is 34.9 Å². The van der Waals surface area contributed by atoms with Gasteiger partial charge in [0.1, 0.15) is 17.1 Å². The number of nitrogens with zero attached hydrogens (tertiary/aromatic N) is 4. The monoisotopic (exact) mass is 895 g/mol. The van der Waals surface area contributed by atoms with E-state index in [1.807, 2.05) is 24.3 Å². The highest BCUT2D eigenvalue weighted by atomic mass is 35.5. The van der Waals surface area contributed by atoms with E-state index in [4.69, 9.17) is 21.1 Å². The van der Waals surface area contributed by atoms with Crippen LogP contribution in [-0.2, 0) is 14.8 Å². The summed E-state index contributed by atoms with van der Waals surface area (Å²) in [7, 11) is -2.87. The van der Waals surface area contributed by atoms with Crippen LogP contribution >= 0.6 is 11.6 Å². The van der Waals surface area contributed by atoms with Crippen LogP contribution in [0.1, 0.15) is 74.7 Å². The van der Waals surface area contributed by atoms with Crippen LogP contribution in [-0.4, -0.2) is 86.6 Å². The zero-order chi connectivity index (χ0) is 44.3. The minimum absolute atomic E-state index is 0.0220. The number of fused-ring (bicyclic) bond motifs is 1. The molecule has 8 rings (SSSR count). The number of carbonyl (C=O) groups excluding carboxylic acids is 1. The summed E-state index contributed by atoms with van der Waals surface area (Å²) in [6.45, 7) is 8.76. The van der Waals surface area contributed by atoms with Gasteiger partial charge in [-0.1, -0.05) is 49.2 Å². The number of anilines is 2. The fourth-order valence-electron chi connectivity index (χ4n) is 9.07. The van der Waals surface area contributed by atoms with E-state index in [2.05, 4.69) is 55.8 Å². The number of ether oxygens (including phenoxy) is 2. The standard InChI is InChI=1S/C47H54ClN7O7S/c1-47(2)19-17-34(40(27-47)32-9-11-35(48)12-10-32)30-53-21-23-54(24-22-53)42-6-4-5-39(44(42)62-37-25-33-18-20-49-45(33)51-29-37)46(56)52-63(59,60)38-15-16-41(43(26-38)55(57)58)50-28-31-7-13-36(61-3)14-8-31/h4-6,9-12,15-16,18,20,25-26,29,31,36,50H,7-8,13-14,17,19,21-24,27-28,30H2,1-3H3,(H,49,51)(H,52,56)/t31-,36-. The second kappa shape index (κ2) is 18.7. The predicted octanol–water partition coefficient (Wildman–Crippen LogP) is 9.44. The SMILES string of the molecule is CO[C@H]1CC[C@H](CNc2ccc(S(=O)(=O)NC(=O)c3cccc(N4CCN(CC5=C(c6ccc(Cl)cc6)CC(C)(C)CC5)CC4)c3Oc3cnc4[nH]ccc4c3)cc2[N+](=O)[O-])CC1. The Morgan fingerprint density at radius 2 is 1.78 bits per heavy atom. The summed E-state index contributed by atoms with van der Waals surface area (Å²) in [4.78, 5) is 37.5. The smallest absolute Gasteiger partial charge is 0.293 e. The number of halogens is 1. The molecule has 2 fully saturated rings. The Labute approximate surface area is 373 Å². The number of amides is 1. The number of nitrogens with one attached hydrogen (secondary N) is 3. The van der Waals surface area contributed by atoms with Gasteiger partial charge in [0.05, 0.1) is 33.4 Å². The minimum atomic E-state index is -4.58. The first-order valence-electron chi connectivity index (χ1n) is 21.6. The lowest BCUT2D eigenvalue weighted by Gasteiger charge is -2.39. The maximum atomic E-state index is 14.2. The van der Waals surface area contributed by atoms with Crippen molar-refractivity contribution in [1.29, 1.82) is 0 Å². The number of sulfonamides is 1. The van der Waals surface area contributed by atoms with Crippen molar-refractivity contribution in [3.8, 4) is 11.5 Å². The van der Waals surface area contributed by atoms with E-state index in [-0.39, 0.29) is 28.5 Å². The molecule has 3 heterocycles. The van der Waals surface area contributed by atoms with E-state index in [0.717, 1.165) is 81.1 Å². The Morgan fingerprint density at radius 1 is 1.02 bits per heavy atom. The van der Waals surface area contributed by atoms with Crippen LogP contribution in [0.15, 0.2) is 95.7 Å². The zero-order valence-electron chi connectivity index (χ0n) is 35.9. The Balaban J connectivity index is 1.02. The van der Waals surface area contributed by atoms with Crippen molar-refractivity contribution < 1.29 is 27.6 Å². The van der Waals surface area contributed by atoms with Crippen molar-refractivity contribution in [2.75, 3.05) is 56.6 Å². The summed E-state index contributed by atoms with van der Waals surface area (Å²) in [5.41, 5.74) is 5.31. The third kappa shape index (κ3) is 10.3. The Morgan fingerprint density at radius 3 is 2.51 bits per heavy atom.